The van der Waals surface area contributed by atoms with Gasteiger partial charge in [-0.1, -0.05) is 30.3 Å². The lowest BCUT2D eigenvalue weighted by Gasteiger charge is -2.27. The zero-order valence-electron chi connectivity index (χ0n) is 15.6. The lowest BCUT2D eigenvalue weighted by molar-refractivity contribution is -0.140. The molecule has 1 N–H and O–H groups in total. The van der Waals surface area contributed by atoms with E-state index in [9.17, 15) is 18.0 Å². The molecule has 10 heteroatoms. The highest BCUT2D eigenvalue weighted by atomic mass is 32.1. The lowest BCUT2D eigenvalue weighted by Crippen LogP contribution is -2.36. The first-order valence-electron chi connectivity index (χ1n) is 9.15. The van der Waals surface area contributed by atoms with Crippen LogP contribution in [0.1, 0.15) is 15.4 Å². The predicted octanol–water partition coefficient (Wildman–Crippen LogP) is 4.31. The second-order valence-corrected chi connectivity index (χ2v) is 7.52. The van der Waals surface area contributed by atoms with Gasteiger partial charge in [0.2, 0.25) is 0 Å². The second kappa shape index (κ2) is 8.41. The summed E-state index contributed by atoms with van der Waals surface area (Å²) in [6.45, 7) is 2.62. The van der Waals surface area contributed by atoms with Crippen LogP contribution in [0.4, 0.5) is 24.7 Å². The summed E-state index contributed by atoms with van der Waals surface area (Å²) in [5.41, 5.74) is -0.370. The lowest BCUT2D eigenvalue weighted by atomic mass is 10.2. The smallest absolute Gasteiger partial charge is 0.378 e. The number of amides is 1. The summed E-state index contributed by atoms with van der Waals surface area (Å²) in [7, 11) is 0. The van der Waals surface area contributed by atoms with E-state index >= 15 is 0 Å². The number of nitrogens with zero attached hydrogens (tertiary/aromatic N) is 3. The number of carbonyl (C=O) groups is 1. The van der Waals surface area contributed by atoms with E-state index in [1.54, 1.807) is 42.5 Å². The fourth-order valence-electron chi connectivity index (χ4n) is 3.00. The maximum Gasteiger partial charge on any atom is 0.435 e. The maximum atomic E-state index is 13.5. The third kappa shape index (κ3) is 4.44. The zero-order chi connectivity index (χ0) is 21.1. The first-order chi connectivity index (χ1) is 14.4. The number of anilines is 2. The number of thiazole rings is 1. The van der Waals surface area contributed by atoms with Crippen molar-refractivity contribution in [1.82, 2.24) is 9.97 Å². The summed E-state index contributed by atoms with van der Waals surface area (Å²) in [6, 6.07) is 11.8. The number of aromatic nitrogens is 2. The molecule has 0 aliphatic carbocycles. The number of hydrogen-bond donors (Lipinski definition) is 1. The van der Waals surface area contributed by atoms with E-state index in [1.807, 2.05) is 4.90 Å². The molecule has 1 saturated heterocycles. The van der Waals surface area contributed by atoms with Crippen LogP contribution in [-0.4, -0.2) is 42.2 Å². The minimum Gasteiger partial charge on any atom is -0.378 e. The van der Waals surface area contributed by atoms with Gasteiger partial charge in [-0.3, -0.25) is 4.79 Å². The van der Waals surface area contributed by atoms with Crippen molar-refractivity contribution < 1.29 is 22.7 Å². The van der Waals surface area contributed by atoms with Gasteiger partial charge in [0.15, 0.2) is 5.69 Å². The number of ether oxygens (including phenoxy) is 1. The molecule has 156 valence electrons. The monoisotopic (exact) mass is 434 g/mol. The van der Waals surface area contributed by atoms with Crippen LogP contribution in [0.2, 0.25) is 0 Å². The van der Waals surface area contributed by atoms with Gasteiger partial charge in [-0.2, -0.15) is 13.2 Å². The summed E-state index contributed by atoms with van der Waals surface area (Å²) in [5.74, 6) is -0.153. The number of benzene rings is 1. The summed E-state index contributed by atoms with van der Waals surface area (Å²) < 4.78 is 45.7. The highest BCUT2D eigenvalue weighted by molar-refractivity contribution is 7.17. The average Bonchev–Trinajstić information content (AvgIpc) is 3.22. The number of hydrogen-bond acceptors (Lipinski definition) is 6. The Morgan fingerprint density at radius 3 is 2.47 bits per heavy atom. The van der Waals surface area contributed by atoms with Crippen molar-refractivity contribution in [3.8, 4) is 10.6 Å². The quantitative estimate of drug-likeness (QED) is 0.663. The Balaban J connectivity index is 1.56. The SMILES string of the molecule is O=C(Nc1ccc(N2CCOCC2)nc1)c1sc(-c2ccccc2)nc1C(F)(F)F. The summed E-state index contributed by atoms with van der Waals surface area (Å²) in [4.78, 5) is 22.1. The van der Waals surface area contributed by atoms with E-state index in [4.69, 9.17) is 4.74 Å². The van der Waals surface area contributed by atoms with Crippen LogP contribution in [-0.2, 0) is 10.9 Å². The fraction of sp³-hybridized carbons (Fsp3) is 0.250. The molecule has 0 bridgehead atoms. The second-order valence-electron chi connectivity index (χ2n) is 6.52. The molecular weight excluding hydrogens is 417 g/mol. The third-order valence-corrected chi connectivity index (χ3v) is 5.57. The summed E-state index contributed by atoms with van der Waals surface area (Å²) in [5, 5.41) is 2.62. The van der Waals surface area contributed by atoms with Gasteiger partial charge in [0.25, 0.3) is 5.91 Å². The van der Waals surface area contributed by atoms with Crippen LogP contribution >= 0.6 is 11.3 Å². The molecule has 0 spiro atoms. The highest BCUT2D eigenvalue weighted by Gasteiger charge is 2.39. The van der Waals surface area contributed by atoms with Crippen molar-refractivity contribution in [3.05, 3.63) is 59.2 Å². The Bertz CT molecular complexity index is 1020. The van der Waals surface area contributed by atoms with Crippen molar-refractivity contribution in [1.29, 1.82) is 0 Å². The number of morpholine rings is 1. The fourth-order valence-corrected chi connectivity index (χ4v) is 3.98. The molecule has 0 radical (unpaired) electrons. The van der Waals surface area contributed by atoms with Crippen LogP contribution in [0.3, 0.4) is 0 Å². The topological polar surface area (TPSA) is 67.4 Å². The molecule has 6 nitrogen and oxygen atoms in total. The first kappa shape index (κ1) is 20.3. The molecule has 3 aromatic rings. The molecule has 1 aliphatic rings. The average molecular weight is 434 g/mol. The molecule has 30 heavy (non-hydrogen) atoms. The highest BCUT2D eigenvalue weighted by Crippen LogP contribution is 2.38. The molecule has 1 aliphatic heterocycles. The summed E-state index contributed by atoms with van der Waals surface area (Å²) in [6.07, 6.45) is -3.32. The van der Waals surface area contributed by atoms with Gasteiger partial charge in [0, 0.05) is 18.7 Å². The minimum atomic E-state index is -4.74. The molecule has 1 aromatic carbocycles. The minimum absolute atomic E-state index is 0.133. The summed E-state index contributed by atoms with van der Waals surface area (Å²) >= 11 is 0.707. The first-order valence-corrected chi connectivity index (χ1v) is 9.97. The van der Waals surface area contributed by atoms with E-state index in [0.717, 1.165) is 5.82 Å². The number of rotatable bonds is 4. The Hall–Kier alpha value is -2.98. The van der Waals surface area contributed by atoms with Crippen LogP contribution in [0.25, 0.3) is 10.6 Å². The van der Waals surface area contributed by atoms with Gasteiger partial charge in [-0.15, -0.1) is 11.3 Å². The van der Waals surface area contributed by atoms with Crippen molar-refractivity contribution in [2.75, 3.05) is 36.5 Å². The van der Waals surface area contributed by atoms with Crippen LogP contribution in [0.5, 0.6) is 0 Å². The van der Waals surface area contributed by atoms with Crippen LogP contribution in [0, 0.1) is 0 Å². The Kier molecular flexibility index (Phi) is 5.69. The number of pyridine rings is 1. The number of halogens is 3. The number of alkyl halides is 3. The molecule has 1 fully saturated rings. The largest absolute Gasteiger partial charge is 0.435 e. The van der Waals surface area contributed by atoms with Crippen LogP contribution in [0.15, 0.2) is 48.7 Å². The van der Waals surface area contributed by atoms with Gasteiger partial charge in [0.1, 0.15) is 15.7 Å². The van der Waals surface area contributed by atoms with Crippen molar-refractivity contribution in [3.63, 3.8) is 0 Å². The molecule has 0 unspecified atom stereocenters. The van der Waals surface area contributed by atoms with E-state index in [0.29, 0.717) is 48.9 Å². The van der Waals surface area contributed by atoms with Gasteiger partial charge in [0.05, 0.1) is 25.1 Å². The van der Waals surface area contributed by atoms with Crippen LogP contribution < -0.4 is 10.2 Å². The Labute approximate surface area is 174 Å². The molecule has 2 aromatic heterocycles. The Morgan fingerprint density at radius 1 is 1.10 bits per heavy atom. The normalized spacial score (nSPS) is 14.6. The molecule has 0 atom stereocenters. The van der Waals surface area contributed by atoms with E-state index in [1.165, 1.54) is 6.20 Å². The third-order valence-electron chi connectivity index (χ3n) is 4.46. The Morgan fingerprint density at radius 2 is 1.83 bits per heavy atom. The predicted molar refractivity (Wildman–Crippen MR) is 108 cm³/mol. The molecular formula is C20H17F3N4O2S. The molecule has 1 amide bonds. The van der Waals surface area contributed by atoms with Gasteiger partial charge < -0.3 is 15.0 Å². The van der Waals surface area contributed by atoms with Crippen molar-refractivity contribution in [2.45, 2.75) is 6.18 Å². The van der Waals surface area contributed by atoms with Crippen molar-refractivity contribution >= 4 is 28.7 Å². The zero-order valence-corrected chi connectivity index (χ0v) is 16.5. The van der Waals surface area contributed by atoms with Crippen molar-refractivity contribution in [2.24, 2.45) is 0 Å². The van der Waals surface area contributed by atoms with Gasteiger partial charge >= 0.3 is 6.18 Å². The maximum absolute atomic E-state index is 13.5. The number of carbonyl (C=O) groups excluding carboxylic acids is 1. The molecule has 3 heterocycles. The van der Waals surface area contributed by atoms with E-state index < -0.39 is 22.7 Å². The van der Waals surface area contributed by atoms with E-state index in [-0.39, 0.29) is 5.01 Å². The van der Waals surface area contributed by atoms with Gasteiger partial charge in [-0.05, 0) is 12.1 Å². The molecule has 4 rings (SSSR count). The molecule has 0 saturated carbocycles. The van der Waals surface area contributed by atoms with E-state index in [2.05, 4.69) is 15.3 Å². The standard InChI is InChI=1S/C20H17F3N4O2S/c21-20(22,23)17-16(30-19(26-17)13-4-2-1-3-5-13)18(28)25-14-6-7-15(24-12-14)27-8-10-29-11-9-27/h1-7,12H,8-11H2,(H,25,28). The van der Waals surface area contributed by atoms with Gasteiger partial charge in [-0.25, -0.2) is 9.97 Å². The number of nitrogens with one attached hydrogen (secondary N) is 1.